The molecule has 7 heteroatoms. The largest absolute Gasteiger partial charge is 0.378 e. The number of morpholine rings is 1. The van der Waals surface area contributed by atoms with Gasteiger partial charge in [-0.05, 0) is 30.4 Å². The molecule has 28 heavy (non-hydrogen) atoms. The van der Waals surface area contributed by atoms with Crippen molar-refractivity contribution in [2.45, 2.75) is 6.42 Å². The third kappa shape index (κ3) is 2.73. The van der Waals surface area contributed by atoms with Gasteiger partial charge in [0.25, 0.3) is 0 Å². The van der Waals surface area contributed by atoms with Crippen molar-refractivity contribution >= 4 is 29.1 Å². The molecule has 7 nitrogen and oxygen atoms in total. The SMILES string of the molecule is O=C(CN1C(=O)[C@H]2[C@H](C1=O)[C@H]1C=C[C@H]2C1)Nc1ccccc1N1CCOCC1. The maximum Gasteiger partial charge on any atom is 0.244 e. The summed E-state index contributed by atoms with van der Waals surface area (Å²) in [7, 11) is 0. The number of nitrogens with zero attached hydrogens (tertiary/aromatic N) is 2. The van der Waals surface area contributed by atoms with Gasteiger partial charge in [0.15, 0.2) is 0 Å². The van der Waals surface area contributed by atoms with Crippen LogP contribution < -0.4 is 10.2 Å². The molecule has 4 aliphatic rings. The standard InChI is InChI=1S/C21H23N3O4/c25-17(22-15-3-1-2-4-16(15)23-7-9-28-10-8-23)12-24-20(26)18-13-5-6-14(11-13)19(18)21(24)27/h1-6,13-14,18-19H,7-12H2,(H,22,25)/t13-,14-,18+,19+/m0/s1. The minimum Gasteiger partial charge on any atom is -0.378 e. The van der Waals surface area contributed by atoms with Gasteiger partial charge in [0, 0.05) is 13.1 Å². The highest BCUT2D eigenvalue weighted by atomic mass is 16.5. The molecular weight excluding hydrogens is 358 g/mol. The number of hydrogen-bond donors (Lipinski definition) is 1. The molecule has 2 aliphatic carbocycles. The van der Waals surface area contributed by atoms with E-state index in [4.69, 9.17) is 4.74 Å². The second kappa shape index (κ2) is 6.74. The topological polar surface area (TPSA) is 79.0 Å². The summed E-state index contributed by atoms with van der Waals surface area (Å²) in [5.74, 6) is -0.954. The average Bonchev–Trinajstić information content (AvgIpc) is 3.39. The van der Waals surface area contributed by atoms with Crippen molar-refractivity contribution in [3.63, 3.8) is 0 Å². The Kier molecular flexibility index (Phi) is 4.19. The Hall–Kier alpha value is -2.67. The molecule has 2 bridgehead atoms. The highest BCUT2D eigenvalue weighted by Crippen LogP contribution is 2.52. The first kappa shape index (κ1) is 17.4. The van der Waals surface area contributed by atoms with Crippen molar-refractivity contribution in [2.24, 2.45) is 23.7 Å². The molecule has 3 fully saturated rings. The number of para-hydroxylation sites is 2. The van der Waals surface area contributed by atoms with E-state index in [1.807, 2.05) is 24.3 Å². The third-order valence-corrected chi connectivity index (χ3v) is 6.39. The molecular formula is C21H23N3O4. The number of ether oxygens (including phenoxy) is 1. The number of fused-ring (bicyclic) bond motifs is 5. The summed E-state index contributed by atoms with van der Waals surface area (Å²) in [5, 5.41) is 2.90. The van der Waals surface area contributed by atoms with Crippen LogP contribution in [0.4, 0.5) is 11.4 Å². The number of rotatable bonds is 4. The molecule has 0 unspecified atom stereocenters. The summed E-state index contributed by atoms with van der Waals surface area (Å²) in [6.07, 6.45) is 5.00. The number of amides is 3. The zero-order valence-corrected chi connectivity index (χ0v) is 15.5. The van der Waals surface area contributed by atoms with Crippen molar-refractivity contribution in [3.8, 4) is 0 Å². The molecule has 1 N–H and O–H groups in total. The van der Waals surface area contributed by atoms with Crippen molar-refractivity contribution in [1.82, 2.24) is 4.90 Å². The Morgan fingerprint density at radius 2 is 1.68 bits per heavy atom. The van der Waals surface area contributed by atoms with Gasteiger partial charge in [0.1, 0.15) is 6.54 Å². The Bertz CT molecular complexity index is 831. The Balaban J connectivity index is 1.29. The molecule has 5 rings (SSSR count). The van der Waals surface area contributed by atoms with E-state index < -0.39 is 0 Å². The monoisotopic (exact) mass is 381 g/mol. The lowest BCUT2D eigenvalue weighted by Crippen LogP contribution is -2.40. The number of allylic oxidation sites excluding steroid dienone is 2. The zero-order chi connectivity index (χ0) is 19.3. The predicted octanol–water partition coefficient (Wildman–Crippen LogP) is 1.27. The van der Waals surface area contributed by atoms with Gasteiger partial charge in [0.05, 0.1) is 36.4 Å². The highest BCUT2D eigenvalue weighted by molar-refractivity contribution is 6.09. The second-order valence-corrected chi connectivity index (χ2v) is 7.93. The summed E-state index contributed by atoms with van der Waals surface area (Å²) in [6, 6.07) is 7.59. The van der Waals surface area contributed by atoms with Crippen LogP contribution in [0.15, 0.2) is 36.4 Å². The van der Waals surface area contributed by atoms with Gasteiger partial charge < -0.3 is 15.0 Å². The molecule has 0 radical (unpaired) electrons. The van der Waals surface area contributed by atoms with Crippen LogP contribution in [0.2, 0.25) is 0 Å². The number of carbonyl (C=O) groups excluding carboxylic acids is 3. The first-order valence-corrected chi connectivity index (χ1v) is 9.88. The third-order valence-electron chi connectivity index (χ3n) is 6.39. The van der Waals surface area contributed by atoms with E-state index in [0.29, 0.717) is 18.9 Å². The fraction of sp³-hybridized carbons (Fsp3) is 0.476. The van der Waals surface area contributed by atoms with Crippen molar-refractivity contribution in [2.75, 3.05) is 43.1 Å². The number of likely N-dealkylation sites (tertiary alicyclic amines) is 1. The lowest BCUT2D eigenvalue weighted by Gasteiger charge is -2.30. The number of anilines is 2. The molecule has 0 aromatic heterocycles. The minimum atomic E-state index is -0.345. The molecule has 3 amide bonds. The van der Waals surface area contributed by atoms with E-state index in [1.165, 1.54) is 0 Å². The van der Waals surface area contributed by atoms with E-state index in [0.717, 1.165) is 30.1 Å². The first-order chi connectivity index (χ1) is 13.6. The minimum absolute atomic E-state index is 0.154. The lowest BCUT2D eigenvalue weighted by molar-refractivity contribution is -0.143. The quantitative estimate of drug-likeness (QED) is 0.628. The summed E-state index contributed by atoms with van der Waals surface area (Å²) >= 11 is 0. The van der Waals surface area contributed by atoms with Crippen molar-refractivity contribution < 1.29 is 19.1 Å². The molecule has 0 spiro atoms. The van der Waals surface area contributed by atoms with Gasteiger partial charge in [-0.1, -0.05) is 24.3 Å². The average molecular weight is 381 g/mol. The smallest absolute Gasteiger partial charge is 0.244 e. The Labute approximate surface area is 163 Å². The first-order valence-electron chi connectivity index (χ1n) is 9.88. The normalized spacial score (nSPS) is 30.9. The Morgan fingerprint density at radius 3 is 2.36 bits per heavy atom. The number of imide groups is 1. The van der Waals surface area contributed by atoms with Gasteiger partial charge >= 0.3 is 0 Å². The van der Waals surface area contributed by atoms with Gasteiger partial charge in [-0.2, -0.15) is 0 Å². The van der Waals surface area contributed by atoms with Crippen molar-refractivity contribution in [3.05, 3.63) is 36.4 Å². The number of hydrogen-bond acceptors (Lipinski definition) is 5. The molecule has 146 valence electrons. The molecule has 2 heterocycles. The molecule has 1 aromatic rings. The molecule has 1 saturated carbocycles. The van der Waals surface area contributed by atoms with Crippen LogP contribution in [0.5, 0.6) is 0 Å². The van der Waals surface area contributed by atoms with E-state index >= 15 is 0 Å². The maximum atomic E-state index is 12.8. The van der Waals surface area contributed by atoms with Crippen LogP contribution in [0.25, 0.3) is 0 Å². The molecule has 4 atom stereocenters. The van der Waals surface area contributed by atoms with Crippen LogP contribution >= 0.6 is 0 Å². The van der Waals surface area contributed by atoms with Crippen LogP contribution in [0.1, 0.15) is 6.42 Å². The van der Waals surface area contributed by atoms with Crippen LogP contribution in [0.3, 0.4) is 0 Å². The van der Waals surface area contributed by atoms with E-state index in [1.54, 1.807) is 0 Å². The molecule has 2 aliphatic heterocycles. The summed E-state index contributed by atoms with van der Waals surface area (Å²) in [6.45, 7) is 2.60. The fourth-order valence-electron chi connectivity index (χ4n) is 5.11. The molecule has 2 saturated heterocycles. The zero-order valence-electron chi connectivity index (χ0n) is 15.5. The van der Waals surface area contributed by atoms with Gasteiger partial charge in [0.2, 0.25) is 17.7 Å². The number of carbonyl (C=O) groups is 3. The number of benzene rings is 1. The second-order valence-electron chi connectivity index (χ2n) is 7.93. The van der Waals surface area contributed by atoms with Crippen LogP contribution in [-0.4, -0.2) is 55.5 Å². The summed E-state index contributed by atoms with van der Waals surface area (Å²) in [4.78, 5) is 41.5. The summed E-state index contributed by atoms with van der Waals surface area (Å²) in [5.41, 5.74) is 1.62. The predicted molar refractivity (Wildman–Crippen MR) is 103 cm³/mol. The van der Waals surface area contributed by atoms with Crippen LogP contribution in [0, 0.1) is 23.7 Å². The fourth-order valence-corrected chi connectivity index (χ4v) is 5.11. The van der Waals surface area contributed by atoms with E-state index in [-0.39, 0.29) is 47.9 Å². The van der Waals surface area contributed by atoms with E-state index in [2.05, 4.69) is 22.4 Å². The van der Waals surface area contributed by atoms with Gasteiger partial charge in [-0.3, -0.25) is 19.3 Å². The lowest BCUT2D eigenvalue weighted by atomic mass is 9.85. The van der Waals surface area contributed by atoms with Gasteiger partial charge in [-0.25, -0.2) is 0 Å². The van der Waals surface area contributed by atoms with Gasteiger partial charge in [-0.15, -0.1) is 0 Å². The van der Waals surface area contributed by atoms with Crippen molar-refractivity contribution in [1.29, 1.82) is 0 Å². The van der Waals surface area contributed by atoms with E-state index in [9.17, 15) is 14.4 Å². The number of nitrogens with one attached hydrogen (secondary N) is 1. The molecule has 1 aromatic carbocycles. The Morgan fingerprint density at radius 1 is 1.04 bits per heavy atom. The maximum absolute atomic E-state index is 12.8. The summed E-state index contributed by atoms with van der Waals surface area (Å²) < 4.78 is 5.40. The highest BCUT2D eigenvalue weighted by Gasteiger charge is 2.59. The van der Waals surface area contributed by atoms with Crippen LogP contribution in [-0.2, 0) is 19.1 Å².